The number of hydrogen-bond acceptors (Lipinski definition) is 3. The predicted molar refractivity (Wildman–Crippen MR) is 112 cm³/mol. The van der Waals surface area contributed by atoms with Crippen molar-refractivity contribution in [2.24, 2.45) is 7.05 Å². The SMILES string of the molecule is Cn1cncc1C(C)(C)Cc1cncn1C(C)(C)Cn1cncc1C(C)(C)C. The van der Waals surface area contributed by atoms with E-state index in [1.807, 2.05) is 37.6 Å². The fourth-order valence-electron chi connectivity index (χ4n) is 4.12. The van der Waals surface area contributed by atoms with Crippen LogP contribution in [0.4, 0.5) is 0 Å². The fraction of sp³-hybridized carbons (Fsp3) is 0.591. The summed E-state index contributed by atoms with van der Waals surface area (Å²) in [6.07, 6.45) is 12.6. The van der Waals surface area contributed by atoms with E-state index in [1.54, 1.807) is 0 Å². The van der Waals surface area contributed by atoms with Crippen LogP contribution in [0.5, 0.6) is 0 Å². The summed E-state index contributed by atoms with van der Waals surface area (Å²) in [4.78, 5) is 13.2. The first-order valence-electron chi connectivity index (χ1n) is 9.91. The molecular formula is C22H34N6. The van der Waals surface area contributed by atoms with Gasteiger partial charge in [-0.15, -0.1) is 0 Å². The number of aryl methyl sites for hydroxylation is 1. The van der Waals surface area contributed by atoms with Crippen LogP contribution in [-0.2, 0) is 36.4 Å². The zero-order valence-electron chi connectivity index (χ0n) is 18.6. The predicted octanol–water partition coefficient (Wildman–Crippen LogP) is 4.07. The van der Waals surface area contributed by atoms with Gasteiger partial charge in [0.15, 0.2) is 0 Å². The third-order valence-corrected chi connectivity index (χ3v) is 5.54. The van der Waals surface area contributed by atoms with E-state index in [0.717, 1.165) is 13.0 Å². The molecule has 0 radical (unpaired) electrons. The van der Waals surface area contributed by atoms with E-state index in [4.69, 9.17) is 0 Å². The number of aromatic nitrogens is 6. The number of nitrogens with zero attached hydrogens (tertiary/aromatic N) is 6. The summed E-state index contributed by atoms with van der Waals surface area (Å²) in [7, 11) is 2.05. The van der Waals surface area contributed by atoms with Gasteiger partial charge in [-0.1, -0.05) is 34.6 Å². The topological polar surface area (TPSA) is 53.5 Å². The van der Waals surface area contributed by atoms with E-state index < -0.39 is 0 Å². The Morgan fingerprint density at radius 1 is 0.786 bits per heavy atom. The highest BCUT2D eigenvalue weighted by Crippen LogP contribution is 2.30. The zero-order valence-corrected chi connectivity index (χ0v) is 18.6. The molecule has 0 aliphatic rings. The molecule has 0 spiro atoms. The van der Waals surface area contributed by atoms with Gasteiger partial charge in [-0.2, -0.15) is 0 Å². The van der Waals surface area contributed by atoms with Gasteiger partial charge in [0, 0.05) is 60.1 Å². The highest BCUT2D eigenvalue weighted by molar-refractivity contribution is 5.18. The van der Waals surface area contributed by atoms with Crippen LogP contribution in [0, 0.1) is 0 Å². The Bertz CT molecular complexity index is 932. The van der Waals surface area contributed by atoms with E-state index in [2.05, 4.69) is 84.2 Å². The number of imidazole rings is 3. The lowest BCUT2D eigenvalue weighted by Crippen LogP contribution is -2.35. The Morgan fingerprint density at radius 3 is 2.00 bits per heavy atom. The van der Waals surface area contributed by atoms with Crippen LogP contribution in [0.3, 0.4) is 0 Å². The molecule has 0 fully saturated rings. The largest absolute Gasteiger partial charge is 0.337 e. The Balaban J connectivity index is 1.88. The molecule has 6 nitrogen and oxygen atoms in total. The molecule has 0 bridgehead atoms. The van der Waals surface area contributed by atoms with Gasteiger partial charge >= 0.3 is 0 Å². The molecule has 0 saturated heterocycles. The van der Waals surface area contributed by atoms with Crippen LogP contribution >= 0.6 is 0 Å². The molecule has 6 heteroatoms. The second-order valence-electron chi connectivity index (χ2n) is 10.2. The maximum Gasteiger partial charge on any atom is 0.0953 e. The lowest BCUT2D eigenvalue weighted by molar-refractivity contribution is 0.280. The Hall–Kier alpha value is -2.37. The Morgan fingerprint density at radius 2 is 1.39 bits per heavy atom. The molecule has 3 heterocycles. The van der Waals surface area contributed by atoms with Crippen molar-refractivity contribution in [3.63, 3.8) is 0 Å². The minimum Gasteiger partial charge on any atom is -0.337 e. The Kier molecular flexibility index (Phi) is 5.02. The van der Waals surface area contributed by atoms with Gasteiger partial charge in [-0.25, -0.2) is 15.0 Å². The monoisotopic (exact) mass is 382 g/mol. The molecule has 0 atom stereocenters. The van der Waals surface area contributed by atoms with Gasteiger partial charge < -0.3 is 13.7 Å². The zero-order chi connectivity index (χ0) is 20.7. The van der Waals surface area contributed by atoms with E-state index >= 15 is 0 Å². The van der Waals surface area contributed by atoms with Crippen molar-refractivity contribution in [3.05, 3.63) is 54.7 Å². The molecule has 0 saturated carbocycles. The molecule has 0 amide bonds. The maximum atomic E-state index is 4.49. The highest BCUT2D eigenvalue weighted by Gasteiger charge is 2.30. The molecule has 3 rings (SSSR count). The van der Waals surface area contributed by atoms with Gasteiger partial charge in [0.1, 0.15) is 0 Å². The summed E-state index contributed by atoms with van der Waals surface area (Å²) in [5, 5.41) is 0. The molecule has 0 unspecified atom stereocenters. The summed E-state index contributed by atoms with van der Waals surface area (Å²) >= 11 is 0. The summed E-state index contributed by atoms with van der Waals surface area (Å²) in [6, 6.07) is 0. The first kappa shape index (κ1) is 20.4. The average molecular weight is 383 g/mol. The normalized spacial score (nSPS) is 13.3. The van der Waals surface area contributed by atoms with E-state index in [0.29, 0.717) is 0 Å². The third kappa shape index (κ3) is 3.91. The third-order valence-electron chi connectivity index (χ3n) is 5.54. The summed E-state index contributed by atoms with van der Waals surface area (Å²) in [5.74, 6) is 0. The molecule has 0 aromatic carbocycles. The second-order valence-corrected chi connectivity index (χ2v) is 10.2. The van der Waals surface area contributed by atoms with Gasteiger partial charge in [0.2, 0.25) is 0 Å². The summed E-state index contributed by atoms with van der Waals surface area (Å²) in [6.45, 7) is 16.6. The van der Waals surface area contributed by atoms with Crippen LogP contribution in [0.15, 0.2) is 37.6 Å². The van der Waals surface area contributed by atoms with Gasteiger partial charge in [0.25, 0.3) is 0 Å². The summed E-state index contributed by atoms with van der Waals surface area (Å²) < 4.78 is 6.69. The molecule has 3 aromatic rings. The van der Waals surface area contributed by atoms with E-state index in [9.17, 15) is 0 Å². The lowest BCUT2D eigenvalue weighted by Gasteiger charge is -2.33. The van der Waals surface area contributed by atoms with Crippen molar-refractivity contribution in [3.8, 4) is 0 Å². The van der Waals surface area contributed by atoms with Crippen LogP contribution < -0.4 is 0 Å². The van der Waals surface area contributed by atoms with Crippen LogP contribution in [0.1, 0.15) is 65.5 Å². The molecule has 0 aliphatic carbocycles. The summed E-state index contributed by atoms with van der Waals surface area (Å²) in [5.41, 5.74) is 3.60. The van der Waals surface area contributed by atoms with Crippen molar-refractivity contribution in [2.45, 2.75) is 77.8 Å². The minimum absolute atomic E-state index is 0.0370. The minimum atomic E-state index is -0.130. The smallest absolute Gasteiger partial charge is 0.0953 e. The second kappa shape index (κ2) is 6.90. The lowest BCUT2D eigenvalue weighted by atomic mass is 9.84. The Labute approximate surface area is 168 Å². The van der Waals surface area contributed by atoms with E-state index in [-0.39, 0.29) is 16.4 Å². The fourth-order valence-corrected chi connectivity index (χ4v) is 4.12. The van der Waals surface area contributed by atoms with Crippen molar-refractivity contribution < 1.29 is 0 Å². The van der Waals surface area contributed by atoms with Crippen molar-refractivity contribution in [1.82, 2.24) is 28.7 Å². The molecule has 0 N–H and O–H groups in total. The highest BCUT2D eigenvalue weighted by atomic mass is 15.2. The van der Waals surface area contributed by atoms with Crippen molar-refractivity contribution >= 4 is 0 Å². The first-order chi connectivity index (χ1) is 12.9. The maximum absolute atomic E-state index is 4.49. The van der Waals surface area contributed by atoms with Gasteiger partial charge in [-0.3, -0.25) is 0 Å². The average Bonchev–Trinajstić information content (AvgIpc) is 3.26. The van der Waals surface area contributed by atoms with Gasteiger partial charge in [-0.05, 0) is 20.3 Å². The van der Waals surface area contributed by atoms with Crippen LogP contribution in [0.25, 0.3) is 0 Å². The quantitative estimate of drug-likeness (QED) is 0.646. The number of hydrogen-bond donors (Lipinski definition) is 0. The molecular weight excluding hydrogens is 348 g/mol. The molecule has 152 valence electrons. The number of rotatable bonds is 6. The van der Waals surface area contributed by atoms with E-state index in [1.165, 1.54) is 17.1 Å². The molecule has 28 heavy (non-hydrogen) atoms. The molecule has 0 aliphatic heterocycles. The standard InChI is InChI=1S/C22H34N6/c1-20(2,3)18-11-25-15-27(18)13-22(6,7)28-16-23-10-17(28)9-21(4,5)19-12-24-14-26(19)8/h10-12,14-16H,9,13H2,1-8H3. The van der Waals surface area contributed by atoms with Crippen molar-refractivity contribution in [2.75, 3.05) is 0 Å². The first-order valence-corrected chi connectivity index (χ1v) is 9.91. The van der Waals surface area contributed by atoms with Crippen LogP contribution in [0.2, 0.25) is 0 Å². The molecule has 3 aromatic heterocycles. The van der Waals surface area contributed by atoms with Gasteiger partial charge in [0.05, 0.1) is 24.5 Å². The van der Waals surface area contributed by atoms with Crippen LogP contribution in [-0.4, -0.2) is 28.7 Å². The van der Waals surface area contributed by atoms with Crippen molar-refractivity contribution in [1.29, 1.82) is 0 Å².